The van der Waals surface area contributed by atoms with E-state index in [4.69, 9.17) is 0 Å². The van der Waals surface area contributed by atoms with Crippen molar-refractivity contribution in [2.45, 2.75) is 63.2 Å². The van der Waals surface area contributed by atoms with E-state index >= 15 is 0 Å². The number of amides is 1. The number of aromatic nitrogens is 4. The van der Waals surface area contributed by atoms with Gasteiger partial charge in [0.2, 0.25) is 5.91 Å². The number of nitrogens with zero attached hydrogens (tertiary/aromatic N) is 5. The highest BCUT2D eigenvalue weighted by Crippen LogP contribution is 2.30. The van der Waals surface area contributed by atoms with Gasteiger partial charge in [-0.3, -0.25) is 18.7 Å². The fraction of sp³-hybridized carbons (Fsp3) is 0.667. The van der Waals surface area contributed by atoms with Crippen molar-refractivity contribution in [3.8, 4) is 0 Å². The first-order valence-corrected chi connectivity index (χ1v) is 11.2. The Kier molecular flexibility index (Phi) is 6.13. The Morgan fingerprint density at radius 1 is 1.10 bits per heavy atom. The number of hydrogen-bond acceptors (Lipinski definition) is 6. The maximum absolute atomic E-state index is 13.0. The predicted octanol–water partition coefficient (Wildman–Crippen LogP) is 2.06. The average Bonchev–Trinajstić information content (AvgIpc) is 2.69. The number of fused-ring (bicyclic) bond motifs is 1. The molecule has 2 aromatic heterocycles. The smallest absolute Gasteiger partial charge is 0.332 e. The van der Waals surface area contributed by atoms with Crippen molar-refractivity contribution >= 4 is 28.7 Å². The molecular formula is C21H31N5O3S. The van der Waals surface area contributed by atoms with Crippen LogP contribution in [0.25, 0.3) is 11.0 Å². The molecule has 9 heteroatoms. The van der Waals surface area contributed by atoms with Gasteiger partial charge in [0.25, 0.3) is 5.56 Å². The minimum atomic E-state index is -0.442. The summed E-state index contributed by atoms with van der Waals surface area (Å²) >= 11 is 1.27. The Morgan fingerprint density at radius 3 is 2.27 bits per heavy atom. The highest BCUT2D eigenvalue weighted by Gasteiger charge is 2.29. The second kappa shape index (κ2) is 8.17. The Balaban J connectivity index is 2.09. The summed E-state index contributed by atoms with van der Waals surface area (Å²) in [5.41, 5.74) is -0.954. The molecule has 164 valence electrons. The minimum absolute atomic E-state index is 0.0533. The first kappa shape index (κ1) is 22.5. The van der Waals surface area contributed by atoms with Gasteiger partial charge in [-0.25, -0.2) is 14.8 Å². The molecule has 0 bridgehead atoms. The van der Waals surface area contributed by atoms with Crippen LogP contribution in [0.3, 0.4) is 0 Å². The van der Waals surface area contributed by atoms with Crippen LogP contribution < -0.4 is 11.2 Å². The molecule has 0 saturated carbocycles. The largest absolute Gasteiger partial charge is 0.342 e. The lowest BCUT2D eigenvalue weighted by Gasteiger charge is -2.32. The minimum Gasteiger partial charge on any atom is -0.342 e. The zero-order valence-corrected chi connectivity index (χ0v) is 19.7. The molecule has 0 spiro atoms. The number of aryl methyl sites for hydroxylation is 1. The fourth-order valence-corrected chi connectivity index (χ4v) is 4.57. The van der Waals surface area contributed by atoms with Gasteiger partial charge in [0.1, 0.15) is 16.2 Å². The van der Waals surface area contributed by atoms with Crippen LogP contribution in [-0.4, -0.2) is 48.2 Å². The molecular weight excluding hydrogens is 402 g/mol. The zero-order chi connectivity index (χ0) is 22.4. The Bertz CT molecular complexity index is 1090. The first-order valence-electron chi connectivity index (χ1n) is 10.4. The third kappa shape index (κ3) is 4.17. The van der Waals surface area contributed by atoms with E-state index in [1.807, 2.05) is 32.6 Å². The number of rotatable bonds is 3. The number of piperidine rings is 1. The van der Waals surface area contributed by atoms with E-state index in [2.05, 4.69) is 16.9 Å². The quantitative estimate of drug-likeness (QED) is 0.544. The first-order chi connectivity index (χ1) is 13.9. The standard InChI is InChI=1S/C21H31N5O3S/c1-12-8-10-26(11-9-12)17(27)13(2)30-16-14-15(22-19(23-16)21(3,4)5)24(6)20(29)25(7)18(14)28/h12-13H,8-11H2,1-7H3. The van der Waals surface area contributed by atoms with Crippen molar-refractivity contribution < 1.29 is 4.79 Å². The van der Waals surface area contributed by atoms with Gasteiger partial charge in [-0.2, -0.15) is 0 Å². The van der Waals surface area contributed by atoms with Crippen LogP contribution in [0.2, 0.25) is 0 Å². The maximum atomic E-state index is 13.0. The van der Waals surface area contributed by atoms with Gasteiger partial charge in [0, 0.05) is 32.6 Å². The summed E-state index contributed by atoms with van der Waals surface area (Å²) in [5.74, 6) is 1.23. The van der Waals surface area contributed by atoms with Gasteiger partial charge in [-0.1, -0.05) is 39.5 Å². The highest BCUT2D eigenvalue weighted by molar-refractivity contribution is 8.00. The lowest BCUT2D eigenvalue weighted by Crippen LogP contribution is -2.42. The molecule has 30 heavy (non-hydrogen) atoms. The second-order valence-corrected chi connectivity index (χ2v) is 10.6. The molecule has 1 atom stereocenters. The van der Waals surface area contributed by atoms with Crippen molar-refractivity contribution in [3.63, 3.8) is 0 Å². The van der Waals surface area contributed by atoms with Crippen molar-refractivity contribution in [1.29, 1.82) is 0 Å². The van der Waals surface area contributed by atoms with Gasteiger partial charge in [-0.15, -0.1) is 0 Å². The van der Waals surface area contributed by atoms with Crippen LogP contribution in [0.5, 0.6) is 0 Å². The van der Waals surface area contributed by atoms with E-state index in [1.54, 1.807) is 7.05 Å². The summed E-state index contributed by atoms with van der Waals surface area (Å²) in [7, 11) is 3.04. The highest BCUT2D eigenvalue weighted by atomic mass is 32.2. The van der Waals surface area contributed by atoms with Gasteiger partial charge < -0.3 is 4.90 Å². The van der Waals surface area contributed by atoms with Crippen molar-refractivity contribution in [1.82, 2.24) is 24.0 Å². The third-order valence-corrected chi connectivity index (χ3v) is 6.74. The molecule has 1 unspecified atom stereocenters. The molecule has 1 aliphatic heterocycles. The Labute approximate surface area is 180 Å². The normalized spacial score (nSPS) is 16.8. The van der Waals surface area contributed by atoms with E-state index in [1.165, 1.54) is 23.4 Å². The number of likely N-dealkylation sites (tertiary alicyclic amines) is 1. The lowest BCUT2D eigenvalue weighted by molar-refractivity contribution is -0.131. The van der Waals surface area contributed by atoms with E-state index in [0.717, 1.165) is 30.5 Å². The topological polar surface area (TPSA) is 90.1 Å². The molecule has 1 aliphatic rings. The second-order valence-electron chi connectivity index (χ2n) is 9.27. The maximum Gasteiger partial charge on any atom is 0.332 e. The van der Waals surface area contributed by atoms with Crippen molar-refractivity contribution in [3.05, 3.63) is 26.7 Å². The van der Waals surface area contributed by atoms with Crippen molar-refractivity contribution in [2.75, 3.05) is 13.1 Å². The summed E-state index contributed by atoms with van der Waals surface area (Å²) < 4.78 is 2.43. The Morgan fingerprint density at radius 2 is 1.70 bits per heavy atom. The molecule has 2 aromatic rings. The number of hydrogen-bond donors (Lipinski definition) is 0. The lowest BCUT2D eigenvalue weighted by atomic mass is 9.96. The summed E-state index contributed by atoms with van der Waals surface area (Å²) in [5, 5.41) is 0.336. The Hall–Kier alpha value is -2.16. The third-order valence-electron chi connectivity index (χ3n) is 5.67. The van der Waals surface area contributed by atoms with E-state index in [9.17, 15) is 14.4 Å². The van der Waals surface area contributed by atoms with E-state index in [-0.39, 0.29) is 16.7 Å². The predicted molar refractivity (Wildman–Crippen MR) is 119 cm³/mol. The summed E-state index contributed by atoms with van der Waals surface area (Å²) in [4.78, 5) is 49.5. The summed E-state index contributed by atoms with van der Waals surface area (Å²) in [6, 6.07) is 0. The molecule has 1 saturated heterocycles. The van der Waals surface area contributed by atoms with Crippen LogP contribution in [-0.2, 0) is 24.3 Å². The number of carbonyl (C=O) groups is 1. The van der Waals surface area contributed by atoms with Crippen LogP contribution >= 0.6 is 11.8 Å². The zero-order valence-electron chi connectivity index (χ0n) is 18.9. The molecule has 8 nitrogen and oxygen atoms in total. The van der Waals surface area contributed by atoms with Crippen LogP contribution in [0.15, 0.2) is 14.6 Å². The molecule has 3 rings (SSSR count). The van der Waals surface area contributed by atoms with Crippen LogP contribution in [0.4, 0.5) is 0 Å². The van der Waals surface area contributed by atoms with E-state index < -0.39 is 16.5 Å². The summed E-state index contributed by atoms with van der Waals surface area (Å²) in [6.07, 6.45) is 2.02. The summed E-state index contributed by atoms with van der Waals surface area (Å²) in [6.45, 7) is 11.5. The monoisotopic (exact) mass is 433 g/mol. The average molecular weight is 434 g/mol. The van der Waals surface area contributed by atoms with Crippen LogP contribution in [0.1, 0.15) is 53.3 Å². The molecule has 0 aromatic carbocycles. The molecule has 0 N–H and O–H groups in total. The van der Waals surface area contributed by atoms with Gasteiger partial charge in [0.05, 0.1) is 5.25 Å². The number of thioether (sulfide) groups is 1. The van der Waals surface area contributed by atoms with Gasteiger partial charge in [-0.05, 0) is 25.7 Å². The van der Waals surface area contributed by atoms with Gasteiger partial charge in [0.15, 0.2) is 5.65 Å². The molecule has 1 fully saturated rings. The molecule has 0 aliphatic carbocycles. The molecule has 3 heterocycles. The van der Waals surface area contributed by atoms with Crippen molar-refractivity contribution in [2.24, 2.45) is 20.0 Å². The number of carbonyl (C=O) groups excluding carboxylic acids is 1. The van der Waals surface area contributed by atoms with Gasteiger partial charge >= 0.3 is 5.69 Å². The van der Waals surface area contributed by atoms with E-state index in [0.29, 0.717) is 22.4 Å². The molecule has 1 amide bonds. The fourth-order valence-electron chi connectivity index (χ4n) is 3.55. The SMILES string of the molecule is CC1CCN(C(=O)C(C)Sc2nc(C(C)(C)C)nc3c2c(=O)n(C)c(=O)n3C)CC1. The van der Waals surface area contributed by atoms with Crippen LogP contribution in [0, 0.1) is 5.92 Å². The molecule has 0 radical (unpaired) electrons.